The molecule has 100 valence electrons. The standard InChI is InChI=1S/C14H9BrN2OS2/c15-12-7-6-10(20-12)9-4-5-11(19-9)14(18)17-13-3-1-2-8-16-13/h1-8H,(H,16,17,18). The summed E-state index contributed by atoms with van der Waals surface area (Å²) in [5.41, 5.74) is 0. The Balaban J connectivity index is 1.78. The first-order valence-corrected chi connectivity index (χ1v) is 8.23. The fourth-order valence-electron chi connectivity index (χ4n) is 1.65. The fraction of sp³-hybridized carbons (Fsp3) is 0. The van der Waals surface area contributed by atoms with Crippen LogP contribution in [0.25, 0.3) is 9.75 Å². The summed E-state index contributed by atoms with van der Waals surface area (Å²) in [6, 6.07) is 13.3. The smallest absolute Gasteiger partial charge is 0.266 e. The number of rotatable bonds is 3. The van der Waals surface area contributed by atoms with Gasteiger partial charge in [-0.2, -0.15) is 0 Å². The van der Waals surface area contributed by atoms with Crippen LogP contribution in [-0.4, -0.2) is 10.9 Å². The molecule has 0 spiro atoms. The minimum absolute atomic E-state index is 0.129. The maximum Gasteiger partial charge on any atom is 0.266 e. The summed E-state index contributed by atoms with van der Waals surface area (Å²) >= 11 is 6.57. The van der Waals surface area contributed by atoms with Gasteiger partial charge in [0.1, 0.15) is 5.82 Å². The van der Waals surface area contributed by atoms with Crippen molar-refractivity contribution in [1.82, 2.24) is 4.98 Å². The second-order valence-electron chi connectivity index (χ2n) is 3.94. The first kappa shape index (κ1) is 13.5. The molecule has 0 aromatic carbocycles. The fourth-order valence-corrected chi connectivity index (χ4v) is 4.03. The highest BCUT2D eigenvalue weighted by Crippen LogP contribution is 2.35. The number of halogens is 1. The molecule has 3 rings (SSSR count). The number of carbonyl (C=O) groups is 1. The van der Waals surface area contributed by atoms with Gasteiger partial charge in [-0.1, -0.05) is 6.07 Å². The van der Waals surface area contributed by atoms with E-state index in [9.17, 15) is 4.79 Å². The number of nitrogens with one attached hydrogen (secondary N) is 1. The molecule has 0 aliphatic heterocycles. The molecule has 6 heteroatoms. The monoisotopic (exact) mass is 364 g/mol. The lowest BCUT2D eigenvalue weighted by Crippen LogP contribution is -2.10. The number of hydrogen-bond acceptors (Lipinski definition) is 4. The van der Waals surface area contributed by atoms with Gasteiger partial charge >= 0.3 is 0 Å². The zero-order chi connectivity index (χ0) is 13.9. The van der Waals surface area contributed by atoms with Gasteiger partial charge in [-0.3, -0.25) is 4.79 Å². The molecule has 0 saturated heterocycles. The van der Waals surface area contributed by atoms with E-state index in [1.165, 1.54) is 11.3 Å². The van der Waals surface area contributed by atoms with E-state index in [2.05, 4.69) is 26.2 Å². The van der Waals surface area contributed by atoms with Crippen LogP contribution in [0.15, 0.2) is 52.4 Å². The van der Waals surface area contributed by atoms with Crippen LogP contribution in [0.4, 0.5) is 5.82 Å². The van der Waals surface area contributed by atoms with Crippen LogP contribution in [-0.2, 0) is 0 Å². The lowest BCUT2D eigenvalue weighted by molar-refractivity contribution is 0.103. The van der Waals surface area contributed by atoms with Crippen molar-refractivity contribution in [2.24, 2.45) is 0 Å². The van der Waals surface area contributed by atoms with E-state index in [4.69, 9.17) is 0 Å². The van der Waals surface area contributed by atoms with Crippen molar-refractivity contribution in [1.29, 1.82) is 0 Å². The Labute approximate surface area is 132 Å². The molecular formula is C14H9BrN2OS2. The topological polar surface area (TPSA) is 42.0 Å². The highest BCUT2D eigenvalue weighted by atomic mass is 79.9. The Bertz CT molecular complexity index is 736. The molecule has 0 aliphatic rings. The number of anilines is 1. The lowest BCUT2D eigenvalue weighted by Gasteiger charge is -2.00. The van der Waals surface area contributed by atoms with Gasteiger partial charge in [0.25, 0.3) is 5.91 Å². The van der Waals surface area contributed by atoms with Crippen LogP contribution in [0, 0.1) is 0 Å². The summed E-state index contributed by atoms with van der Waals surface area (Å²) in [4.78, 5) is 19.1. The van der Waals surface area contributed by atoms with Gasteiger partial charge in [0.15, 0.2) is 0 Å². The number of nitrogens with zero attached hydrogens (tertiary/aromatic N) is 1. The third-order valence-electron chi connectivity index (χ3n) is 2.55. The van der Waals surface area contributed by atoms with Gasteiger partial charge in [-0.05, 0) is 52.3 Å². The van der Waals surface area contributed by atoms with Crippen LogP contribution in [0.2, 0.25) is 0 Å². The zero-order valence-electron chi connectivity index (χ0n) is 10.2. The van der Waals surface area contributed by atoms with Crippen molar-refractivity contribution in [2.45, 2.75) is 0 Å². The van der Waals surface area contributed by atoms with Crippen LogP contribution < -0.4 is 5.32 Å². The lowest BCUT2D eigenvalue weighted by atomic mass is 10.3. The summed E-state index contributed by atoms with van der Waals surface area (Å²) in [7, 11) is 0. The Morgan fingerprint density at radius 3 is 2.55 bits per heavy atom. The number of pyridine rings is 1. The predicted molar refractivity (Wildman–Crippen MR) is 87.5 cm³/mol. The van der Waals surface area contributed by atoms with Gasteiger partial charge in [0.05, 0.1) is 8.66 Å². The Morgan fingerprint density at radius 2 is 1.85 bits per heavy atom. The van der Waals surface area contributed by atoms with Crippen LogP contribution in [0.1, 0.15) is 9.67 Å². The molecule has 3 nitrogen and oxygen atoms in total. The van der Waals surface area contributed by atoms with E-state index < -0.39 is 0 Å². The van der Waals surface area contributed by atoms with Crippen LogP contribution >= 0.6 is 38.6 Å². The van der Waals surface area contributed by atoms with Crippen molar-refractivity contribution in [2.75, 3.05) is 5.32 Å². The first-order chi connectivity index (χ1) is 9.72. The highest BCUT2D eigenvalue weighted by Gasteiger charge is 2.12. The average Bonchev–Trinajstić information content (AvgIpc) is 3.08. The minimum Gasteiger partial charge on any atom is -0.306 e. The van der Waals surface area contributed by atoms with Gasteiger partial charge in [0.2, 0.25) is 0 Å². The second kappa shape index (κ2) is 5.87. The normalized spacial score (nSPS) is 10.4. The molecule has 3 aromatic heterocycles. The quantitative estimate of drug-likeness (QED) is 0.718. The molecule has 0 saturated carbocycles. The predicted octanol–water partition coefficient (Wildman–Crippen LogP) is 4.89. The molecule has 0 bridgehead atoms. The number of thiophene rings is 2. The van der Waals surface area contributed by atoms with Crippen molar-refractivity contribution in [3.8, 4) is 9.75 Å². The molecule has 0 unspecified atom stereocenters. The van der Waals surface area contributed by atoms with E-state index in [-0.39, 0.29) is 5.91 Å². The largest absolute Gasteiger partial charge is 0.306 e. The summed E-state index contributed by atoms with van der Waals surface area (Å²) in [5.74, 6) is 0.432. The molecule has 0 fully saturated rings. The van der Waals surface area contributed by atoms with Crippen molar-refractivity contribution >= 4 is 50.3 Å². The van der Waals surface area contributed by atoms with Crippen LogP contribution in [0.3, 0.4) is 0 Å². The zero-order valence-corrected chi connectivity index (χ0v) is 13.4. The summed E-state index contributed by atoms with van der Waals surface area (Å²) in [5, 5.41) is 2.78. The second-order valence-corrected chi connectivity index (χ2v) is 7.48. The van der Waals surface area contributed by atoms with E-state index in [1.54, 1.807) is 23.6 Å². The molecule has 20 heavy (non-hydrogen) atoms. The Hall–Kier alpha value is -1.50. The Morgan fingerprint density at radius 1 is 1.05 bits per heavy atom. The molecule has 3 heterocycles. The third kappa shape index (κ3) is 2.98. The third-order valence-corrected chi connectivity index (χ3v) is 5.46. The van der Waals surface area contributed by atoms with E-state index in [0.717, 1.165) is 13.5 Å². The number of hydrogen-bond donors (Lipinski definition) is 1. The number of aromatic nitrogens is 1. The SMILES string of the molecule is O=C(Nc1ccccn1)c1ccc(-c2ccc(Br)s2)s1. The Kier molecular flexibility index (Phi) is 3.95. The van der Waals surface area contributed by atoms with Crippen molar-refractivity contribution in [3.63, 3.8) is 0 Å². The molecule has 0 aliphatic carbocycles. The number of carbonyl (C=O) groups excluding carboxylic acids is 1. The molecule has 3 aromatic rings. The van der Waals surface area contributed by atoms with Gasteiger partial charge in [-0.15, -0.1) is 22.7 Å². The van der Waals surface area contributed by atoms with Gasteiger partial charge in [0, 0.05) is 16.0 Å². The maximum atomic E-state index is 12.1. The summed E-state index contributed by atoms with van der Waals surface area (Å²) in [6.07, 6.45) is 1.65. The van der Waals surface area contributed by atoms with Crippen LogP contribution in [0.5, 0.6) is 0 Å². The minimum atomic E-state index is -0.129. The van der Waals surface area contributed by atoms with Gasteiger partial charge in [-0.25, -0.2) is 4.98 Å². The van der Waals surface area contributed by atoms with E-state index in [1.807, 2.05) is 36.4 Å². The molecular weight excluding hydrogens is 356 g/mol. The summed E-state index contributed by atoms with van der Waals surface area (Å²) < 4.78 is 1.08. The van der Waals surface area contributed by atoms with E-state index in [0.29, 0.717) is 10.7 Å². The average molecular weight is 365 g/mol. The summed E-state index contributed by atoms with van der Waals surface area (Å²) in [6.45, 7) is 0. The molecule has 0 radical (unpaired) electrons. The highest BCUT2D eigenvalue weighted by molar-refractivity contribution is 9.11. The van der Waals surface area contributed by atoms with Gasteiger partial charge < -0.3 is 5.32 Å². The molecule has 1 N–H and O–H groups in total. The maximum absolute atomic E-state index is 12.1. The molecule has 0 atom stereocenters. The van der Waals surface area contributed by atoms with E-state index >= 15 is 0 Å². The van der Waals surface area contributed by atoms with Crippen molar-refractivity contribution < 1.29 is 4.79 Å². The van der Waals surface area contributed by atoms with Crippen molar-refractivity contribution in [3.05, 3.63) is 57.3 Å². The molecule has 1 amide bonds. The number of amides is 1. The first-order valence-electron chi connectivity index (χ1n) is 5.80.